The predicted octanol–water partition coefficient (Wildman–Crippen LogP) is 4.48. The lowest BCUT2D eigenvalue weighted by atomic mass is 9.92. The van der Waals surface area contributed by atoms with Crippen LogP contribution in [-0.2, 0) is 0 Å². The summed E-state index contributed by atoms with van der Waals surface area (Å²) in [6.45, 7) is 4.18. The highest BCUT2D eigenvalue weighted by Crippen LogP contribution is 2.35. The standard InChI is InChI=1S/C30H33N7O/c1-2-32-30(38)36-15-12-20(13-16-36)18-26-35-27(28-29(31)33-14-17-37(26)28)23-9-8-22-10-11-24(34-25(22)19-23)21-6-4-3-5-7-21/h3-11,14,17,19-20,26,35H,2,12-13,15-16,18H2,1H3,(H2,31,33)(H,32,38). The number of fused-ring (bicyclic) bond motifs is 2. The zero-order valence-electron chi connectivity index (χ0n) is 21.6. The smallest absolute Gasteiger partial charge is 0.317 e. The first-order chi connectivity index (χ1) is 18.6. The van der Waals surface area contributed by atoms with Crippen LogP contribution in [0.25, 0.3) is 27.9 Å². The molecule has 8 nitrogen and oxygen atoms in total. The summed E-state index contributed by atoms with van der Waals surface area (Å²) in [6, 6.07) is 20.8. The predicted molar refractivity (Wildman–Crippen MR) is 152 cm³/mol. The first-order valence-corrected chi connectivity index (χ1v) is 13.4. The Balaban J connectivity index is 1.24. The average Bonchev–Trinajstić information content (AvgIpc) is 3.33. The Labute approximate surface area is 222 Å². The van der Waals surface area contributed by atoms with Crippen LogP contribution >= 0.6 is 0 Å². The fraction of sp³-hybridized carbons (Fsp3) is 0.300. The fourth-order valence-electron chi connectivity index (χ4n) is 5.66. The number of nitrogens with two attached hydrogens (primary N) is 1. The van der Waals surface area contributed by atoms with E-state index in [1.54, 1.807) is 6.20 Å². The molecule has 38 heavy (non-hydrogen) atoms. The number of pyridine rings is 1. The van der Waals surface area contributed by atoms with Gasteiger partial charge in [-0.2, -0.15) is 0 Å². The number of amidine groups is 1. The molecule has 4 heterocycles. The number of rotatable bonds is 5. The van der Waals surface area contributed by atoms with Gasteiger partial charge in [0.2, 0.25) is 0 Å². The Morgan fingerprint density at radius 2 is 1.87 bits per heavy atom. The molecular formula is C30H33N7O. The van der Waals surface area contributed by atoms with Crippen LogP contribution < -0.4 is 16.4 Å². The van der Waals surface area contributed by atoms with E-state index in [-0.39, 0.29) is 12.2 Å². The SMILES string of the molecule is CCNC(=O)N1CCC(CC2NC(c3ccc4ccc(-c5ccccc5)nc4c3)=C3C(N)=NC=CN32)CC1. The van der Waals surface area contributed by atoms with Crippen LogP contribution in [0, 0.1) is 5.92 Å². The molecule has 0 spiro atoms. The zero-order chi connectivity index (χ0) is 26.1. The molecule has 0 bridgehead atoms. The minimum Gasteiger partial charge on any atom is -0.382 e. The van der Waals surface area contributed by atoms with Gasteiger partial charge in [-0.15, -0.1) is 0 Å². The monoisotopic (exact) mass is 507 g/mol. The molecule has 8 heteroatoms. The van der Waals surface area contributed by atoms with Crippen molar-refractivity contribution < 1.29 is 4.79 Å². The molecule has 4 N–H and O–H groups in total. The summed E-state index contributed by atoms with van der Waals surface area (Å²) < 4.78 is 0. The lowest BCUT2D eigenvalue weighted by Crippen LogP contribution is -2.46. The van der Waals surface area contributed by atoms with Crippen molar-refractivity contribution in [2.45, 2.75) is 32.4 Å². The maximum Gasteiger partial charge on any atom is 0.317 e. The van der Waals surface area contributed by atoms with Crippen molar-refractivity contribution in [2.24, 2.45) is 16.6 Å². The summed E-state index contributed by atoms with van der Waals surface area (Å²) in [7, 11) is 0. The van der Waals surface area contributed by atoms with Crippen LogP contribution in [0.1, 0.15) is 31.7 Å². The molecule has 3 aliphatic rings. The van der Waals surface area contributed by atoms with Crippen molar-refractivity contribution >= 4 is 28.5 Å². The third-order valence-electron chi connectivity index (χ3n) is 7.66. The van der Waals surface area contributed by atoms with Crippen LogP contribution in [0.15, 0.2) is 83.8 Å². The van der Waals surface area contributed by atoms with Crippen LogP contribution in [0.2, 0.25) is 0 Å². The highest BCUT2D eigenvalue weighted by atomic mass is 16.2. The van der Waals surface area contributed by atoms with Crippen LogP contribution in [0.4, 0.5) is 4.79 Å². The molecule has 0 aliphatic carbocycles. The lowest BCUT2D eigenvalue weighted by Gasteiger charge is -2.35. The minimum absolute atomic E-state index is 0.0412. The number of carbonyl (C=O) groups is 1. The van der Waals surface area contributed by atoms with Gasteiger partial charge in [-0.3, -0.25) is 0 Å². The second kappa shape index (κ2) is 10.2. The maximum atomic E-state index is 12.2. The summed E-state index contributed by atoms with van der Waals surface area (Å²) in [5.74, 6) is 1.02. The number of aromatic nitrogens is 1. The molecule has 2 aromatic carbocycles. The quantitative estimate of drug-likeness (QED) is 0.473. The lowest BCUT2D eigenvalue weighted by molar-refractivity contribution is 0.158. The Morgan fingerprint density at radius 1 is 1.08 bits per heavy atom. The summed E-state index contributed by atoms with van der Waals surface area (Å²) in [6.07, 6.45) is 6.78. The molecule has 1 saturated heterocycles. The molecule has 2 amide bonds. The molecular weight excluding hydrogens is 474 g/mol. The van der Waals surface area contributed by atoms with Gasteiger partial charge in [-0.05, 0) is 44.2 Å². The molecule has 0 radical (unpaired) electrons. The second-order valence-electron chi connectivity index (χ2n) is 10.1. The van der Waals surface area contributed by atoms with E-state index in [2.05, 4.69) is 63.0 Å². The van der Waals surface area contributed by atoms with Crippen LogP contribution in [0.3, 0.4) is 0 Å². The van der Waals surface area contributed by atoms with Gasteiger partial charge in [0.25, 0.3) is 0 Å². The van der Waals surface area contributed by atoms with Crippen molar-refractivity contribution in [2.75, 3.05) is 19.6 Å². The average molecular weight is 508 g/mol. The number of carbonyl (C=O) groups excluding carboxylic acids is 1. The van der Waals surface area contributed by atoms with Gasteiger partial charge in [0.1, 0.15) is 17.7 Å². The molecule has 3 aliphatic heterocycles. The highest BCUT2D eigenvalue weighted by Gasteiger charge is 2.36. The number of likely N-dealkylation sites (tertiary alicyclic amines) is 1. The van der Waals surface area contributed by atoms with Gasteiger partial charge in [0.15, 0.2) is 0 Å². The molecule has 1 atom stereocenters. The molecule has 1 fully saturated rings. The molecule has 1 aromatic heterocycles. The second-order valence-corrected chi connectivity index (χ2v) is 10.1. The molecule has 6 rings (SSSR count). The van der Waals surface area contributed by atoms with Crippen molar-refractivity contribution in [1.82, 2.24) is 25.4 Å². The van der Waals surface area contributed by atoms with Gasteiger partial charge in [-0.1, -0.05) is 48.5 Å². The summed E-state index contributed by atoms with van der Waals surface area (Å²) in [5, 5.41) is 7.77. The normalized spacial score (nSPS) is 19.4. The number of piperidine rings is 1. The third-order valence-corrected chi connectivity index (χ3v) is 7.66. The summed E-state index contributed by atoms with van der Waals surface area (Å²) >= 11 is 0. The van der Waals surface area contributed by atoms with Gasteiger partial charge in [0.05, 0.1) is 16.9 Å². The van der Waals surface area contributed by atoms with Gasteiger partial charge in [0, 0.05) is 48.5 Å². The molecule has 194 valence electrons. The van der Waals surface area contributed by atoms with Crippen molar-refractivity contribution in [3.63, 3.8) is 0 Å². The molecule has 3 aromatic rings. The van der Waals surface area contributed by atoms with E-state index < -0.39 is 0 Å². The van der Waals surface area contributed by atoms with Crippen molar-refractivity contribution in [3.05, 3.63) is 84.3 Å². The van der Waals surface area contributed by atoms with E-state index >= 15 is 0 Å². The minimum atomic E-state index is 0.0412. The topological polar surface area (TPSA) is 98.9 Å². The summed E-state index contributed by atoms with van der Waals surface area (Å²) in [5.41, 5.74) is 12.3. The Hall–Kier alpha value is -4.33. The van der Waals surface area contributed by atoms with Gasteiger partial charge in [-0.25, -0.2) is 14.8 Å². The number of urea groups is 1. The number of nitrogens with one attached hydrogen (secondary N) is 2. The third kappa shape index (κ3) is 4.58. The van der Waals surface area contributed by atoms with E-state index in [4.69, 9.17) is 10.7 Å². The highest BCUT2D eigenvalue weighted by molar-refractivity contribution is 6.05. The number of benzene rings is 2. The number of hydrogen-bond acceptors (Lipinski definition) is 6. The van der Waals surface area contributed by atoms with Crippen LogP contribution in [-0.4, -0.2) is 52.5 Å². The van der Waals surface area contributed by atoms with Crippen molar-refractivity contribution in [3.8, 4) is 11.3 Å². The fourth-order valence-corrected chi connectivity index (χ4v) is 5.66. The van der Waals surface area contributed by atoms with Crippen LogP contribution in [0.5, 0.6) is 0 Å². The largest absolute Gasteiger partial charge is 0.382 e. The molecule has 0 saturated carbocycles. The van der Waals surface area contributed by atoms with E-state index in [9.17, 15) is 4.79 Å². The zero-order valence-corrected chi connectivity index (χ0v) is 21.6. The van der Waals surface area contributed by atoms with Gasteiger partial charge >= 0.3 is 6.03 Å². The molecule has 1 unspecified atom stereocenters. The van der Waals surface area contributed by atoms with Gasteiger partial charge < -0.3 is 26.2 Å². The van der Waals surface area contributed by atoms with E-state index in [1.807, 2.05) is 36.2 Å². The number of amides is 2. The maximum absolute atomic E-state index is 12.2. The Morgan fingerprint density at radius 3 is 2.66 bits per heavy atom. The van der Waals surface area contributed by atoms with E-state index in [0.717, 1.165) is 71.5 Å². The van der Waals surface area contributed by atoms with Crippen molar-refractivity contribution in [1.29, 1.82) is 0 Å². The number of nitrogens with zero attached hydrogens (tertiary/aromatic N) is 4. The van der Waals surface area contributed by atoms with E-state index in [0.29, 0.717) is 18.3 Å². The Kier molecular flexibility index (Phi) is 6.45. The van der Waals surface area contributed by atoms with E-state index in [1.165, 1.54) is 0 Å². The number of hydrogen-bond donors (Lipinski definition) is 3. The first-order valence-electron chi connectivity index (χ1n) is 13.4. The Bertz CT molecular complexity index is 1440. The number of aliphatic imine (C=N–C) groups is 1. The first kappa shape index (κ1) is 24.0. The summed E-state index contributed by atoms with van der Waals surface area (Å²) in [4.78, 5) is 25.7.